The fourth-order valence-electron chi connectivity index (χ4n) is 3.03. The lowest BCUT2D eigenvalue weighted by Crippen LogP contribution is -2.21. The molecule has 0 bridgehead atoms. The van der Waals surface area contributed by atoms with Crippen LogP contribution in [-0.2, 0) is 0 Å². The van der Waals surface area contributed by atoms with Crippen molar-refractivity contribution < 1.29 is 9.84 Å². The third kappa shape index (κ3) is 1.81. The quantitative estimate of drug-likeness (QED) is 0.883. The second-order valence-electron chi connectivity index (χ2n) is 5.38. The maximum Gasteiger partial charge on any atom is 0.122 e. The number of nitrogens with two attached hydrogens (primary N) is 1. The van der Waals surface area contributed by atoms with Gasteiger partial charge in [-0.05, 0) is 29.2 Å². The molecule has 0 amide bonds. The minimum Gasteiger partial charge on any atom is -0.496 e. The van der Waals surface area contributed by atoms with E-state index in [0.29, 0.717) is 12.5 Å². The van der Waals surface area contributed by atoms with Crippen LogP contribution in [0, 0.1) is 5.41 Å². The summed E-state index contributed by atoms with van der Waals surface area (Å²) in [5, 5.41) is 12.0. The van der Waals surface area contributed by atoms with Crippen molar-refractivity contribution in [2.24, 2.45) is 11.1 Å². The third-order valence-corrected chi connectivity index (χ3v) is 4.41. The monoisotopic (exact) mass is 257 g/mol. The molecular formula is C16H19NO2. The Labute approximate surface area is 113 Å². The van der Waals surface area contributed by atoms with Gasteiger partial charge in [0.15, 0.2) is 0 Å². The van der Waals surface area contributed by atoms with Crippen LogP contribution in [0.15, 0.2) is 36.4 Å². The van der Waals surface area contributed by atoms with Crippen molar-refractivity contribution >= 4 is 10.8 Å². The van der Waals surface area contributed by atoms with E-state index in [1.165, 1.54) is 16.3 Å². The van der Waals surface area contributed by atoms with Gasteiger partial charge < -0.3 is 15.6 Å². The number of benzene rings is 2. The van der Waals surface area contributed by atoms with Gasteiger partial charge in [0.25, 0.3) is 0 Å². The Hall–Kier alpha value is -1.58. The van der Waals surface area contributed by atoms with Crippen molar-refractivity contribution in [3.8, 4) is 5.75 Å². The standard InChI is InChI=1S/C16H19NO2/c1-19-14-7-6-11-4-2-3-5-12(11)15(14)13-8-16(13,9-17)10-18/h2-7,13,18H,8-10,17H2,1H3/t13-,16-/m1/s1. The molecule has 0 heterocycles. The molecule has 2 atom stereocenters. The first-order valence-electron chi connectivity index (χ1n) is 6.62. The molecule has 1 aliphatic carbocycles. The lowest BCUT2D eigenvalue weighted by molar-refractivity contribution is 0.211. The molecule has 0 aromatic heterocycles. The van der Waals surface area contributed by atoms with Gasteiger partial charge >= 0.3 is 0 Å². The summed E-state index contributed by atoms with van der Waals surface area (Å²) in [6.45, 7) is 0.654. The molecule has 0 unspecified atom stereocenters. The Morgan fingerprint density at radius 1 is 1.32 bits per heavy atom. The fraction of sp³-hybridized carbons (Fsp3) is 0.375. The highest BCUT2D eigenvalue weighted by Crippen LogP contribution is 2.61. The fourth-order valence-corrected chi connectivity index (χ4v) is 3.03. The molecule has 19 heavy (non-hydrogen) atoms. The zero-order chi connectivity index (χ0) is 13.5. The maximum absolute atomic E-state index is 9.60. The Morgan fingerprint density at radius 3 is 2.74 bits per heavy atom. The minimum absolute atomic E-state index is 0.139. The average molecular weight is 257 g/mol. The van der Waals surface area contributed by atoms with Crippen LogP contribution in [-0.4, -0.2) is 25.4 Å². The van der Waals surface area contributed by atoms with Crippen molar-refractivity contribution in [3.63, 3.8) is 0 Å². The average Bonchev–Trinajstić information content (AvgIpc) is 3.20. The molecule has 3 nitrogen and oxygen atoms in total. The summed E-state index contributed by atoms with van der Waals surface area (Å²) in [4.78, 5) is 0. The van der Waals surface area contributed by atoms with Gasteiger partial charge in [-0.25, -0.2) is 0 Å². The third-order valence-electron chi connectivity index (χ3n) is 4.41. The smallest absolute Gasteiger partial charge is 0.122 e. The van der Waals surface area contributed by atoms with Crippen LogP contribution in [0.1, 0.15) is 17.9 Å². The first-order chi connectivity index (χ1) is 9.25. The van der Waals surface area contributed by atoms with Gasteiger partial charge in [-0.15, -0.1) is 0 Å². The molecule has 3 rings (SSSR count). The normalized spacial score (nSPS) is 25.5. The van der Waals surface area contributed by atoms with E-state index in [2.05, 4.69) is 18.2 Å². The topological polar surface area (TPSA) is 55.5 Å². The minimum atomic E-state index is -0.155. The number of methoxy groups -OCH3 is 1. The molecule has 3 N–H and O–H groups in total. The molecule has 1 fully saturated rings. The summed E-state index contributed by atoms with van der Waals surface area (Å²) in [7, 11) is 1.69. The summed E-state index contributed by atoms with van der Waals surface area (Å²) in [6, 6.07) is 12.4. The van der Waals surface area contributed by atoms with E-state index < -0.39 is 0 Å². The molecule has 100 valence electrons. The molecule has 1 aliphatic rings. The number of rotatable bonds is 4. The first-order valence-corrected chi connectivity index (χ1v) is 6.62. The van der Waals surface area contributed by atoms with Gasteiger partial charge in [0, 0.05) is 17.5 Å². The number of fused-ring (bicyclic) bond motifs is 1. The SMILES string of the molecule is COc1ccc2ccccc2c1[C@H]1C[C@@]1(CN)CO. The molecule has 3 heteroatoms. The Morgan fingerprint density at radius 2 is 2.11 bits per heavy atom. The number of hydrogen-bond acceptors (Lipinski definition) is 3. The van der Waals surface area contributed by atoms with E-state index >= 15 is 0 Å². The van der Waals surface area contributed by atoms with Crippen LogP contribution in [0.3, 0.4) is 0 Å². The predicted octanol–water partition coefficient (Wildman–Crippen LogP) is 2.27. The van der Waals surface area contributed by atoms with Crippen LogP contribution in [0.5, 0.6) is 5.75 Å². The summed E-state index contributed by atoms with van der Waals surface area (Å²) in [6.07, 6.45) is 0.935. The van der Waals surface area contributed by atoms with Crippen molar-refractivity contribution in [1.29, 1.82) is 0 Å². The highest BCUT2D eigenvalue weighted by Gasteiger charge is 2.54. The second-order valence-corrected chi connectivity index (χ2v) is 5.38. The number of ether oxygens (including phenoxy) is 1. The van der Waals surface area contributed by atoms with Gasteiger partial charge in [-0.1, -0.05) is 30.3 Å². The van der Waals surface area contributed by atoms with E-state index in [1.54, 1.807) is 7.11 Å². The zero-order valence-electron chi connectivity index (χ0n) is 11.1. The lowest BCUT2D eigenvalue weighted by Gasteiger charge is -2.16. The molecule has 0 saturated heterocycles. The van der Waals surface area contributed by atoms with Gasteiger partial charge in [0.1, 0.15) is 5.75 Å². The van der Waals surface area contributed by atoms with Crippen molar-refractivity contribution in [3.05, 3.63) is 42.0 Å². The van der Waals surface area contributed by atoms with Crippen LogP contribution in [0.2, 0.25) is 0 Å². The molecule has 0 radical (unpaired) electrons. The molecule has 0 aliphatic heterocycles. The largest absolute Gasteiger partial charge is 0.496 e. The van der Waals surface area contributed by atoms with Crippen LogP contribution in [0.4, 0.5) is 0 Å². The van der Waals surface area contributed by atoms with Gasteiger partial charge in [-0.2, -0.15) is 0 Å². The van der Waals surface area contributed by atoms with E-state index in [1.807, 2.05) is 18.2 Å². The van der Waals surface area contributed by atoms with E-state index in [0.717, 1.165) is 12.2 Å². The Balaban J connectivity index is 2.17. The van der Waals surface area contributed by atoms with E-state index in [9.17, 15) is 5.11 Å². The van der Waals surface area contributed by atoms with Gasteiger partial charge in [0.05, 0.1) is 13.7 Å². The maximum atomic E-state index is 9.60. The summed E-state index contributed by atoms with van der Waals surface area (Å²) in [5.74, 6) is 1.19. The van der Waals surface area contributed by atoms with Gasteiger partial charge in [0.2, 0.25) is 0 Å². The highest BCUT2D eigenvalue weighted by molar-refractivity contribution is 5.89. The lowest BCUT2D eigenvalue weighted by atomic mass is 9.94. The van der Waals surface area contributed by atoms with Gasteiger partial charge in [-0.3, -0.25) is 0 Å². The second kappa shape index (κ2) is 4.51. The highest BCUT2D eigenvalue weighted by atomic mass is 16.5. The molecule has 0 spiro atoms. The molecule has 2 aromatic rings. The molecular weight excluding hydrogens is 238 g/mol. The summed E-state index contributed by atoms with van der Waals surface area (Å²) in [5.41, 5.74) is 6.88. The van der Waals surface area contributed by atoms with Crippen LogP contribution >= 0.6 is 0 Å². The van der Waals surface area contributed by atoms with Crippen molar-refractivity contribution in [2.45, 2.75) is 12.3 Å². The van der Waals surface area contributed by atoms with Crippen LogP contribution < -0.4 is 10.5 Å². The first kappa shape index (κ1) is 12.5. The predicted molar refractivity (Wildman–Crippen MR) is 76.4 cm³/mol. The van der Waals surface area contributed by atoms with Crippen LogP contribution in [0.25, 0.3) is 10.8 Å². The Kier molecular flexibility index (Phi) is 2.96. The zero-order valence-corrected chi connectivity index (χ0v) is 11.1. The molecule has 1 saturated carbocycles. The number of aliphatic hydroxyl groups excluding tert-OH is 1. The summed E-state index contributed by atoms with van der Waals surface area (Å²) >= 11 is 0. The van der Waals surface area contributed by atoms with Crippen molar-refractivity contribution in [2.75, 3.05) is 20.3 Å². The number of hydrogen-bond donors (Lipinski definition) is 2. The summed E-state index contributed by atoms with van der Waals surface area (Å²) < 4.78 is 5.51. The Bertz CT molecular complexity index is 605. The van der Waals surface area contributed by atoms with E-state index in [-0.39, 0.29) is 12.0 Å². The van der Waals surface area contributed by atoms with E-state index in [4.69, 9.17) is 10.5 Å². The number of aliphatic hydroxyl groups is 1. The van der Waals surface area contributed by atoms with Crippen molar-refractivity contribution in [1.82, 2.24) is 0 Å². The molecule has 2 aromatic carbocycles.